The Balaban J connectivity index is 1.28. The van der Waals surface area contributed by atoms with Crippen LogP contribution in [0.3, 0.4) is 0 Å². The number of rotatable bonds is 7. The summed E-state index contributed by atoms with van der Waals surface area (Å²) in [4.78, 5) is 42.6. The standard InChI is InChI=1S/C38H31Cl2N5O4/c1-19-14-23(15-20(2)33(19)40)49-13-5-7-25-26-9-10-28(39)32-31-21(3)42-18-43-29(31)16-22-17-44(37(46)36(25)45(22)35(26)32)30-8-4-6-24-27(38(47)48)11-12-41-34(24)30/h4,6,8-12,14-15,18,22H,5,7,13,16-17H2,1-3H3,(H,47,48)/t22-/m1/s1. The van der Waals surface area contributed by atoms with E-state index < -0.39 is 5.97 Å². The first-order chi connectivity index (χ1) is 23.6. The Bertz CT molecular complexity index is 2360. The minimum absolute atomic E-state index is 0.132. The third-order valence-electron chi connectivity index (χ3n) is 9.74. The summed E-state index contributed by atoms with van der Waals surface area (Å²) in [6.07, 6.45) is 4.82. The number of carboxylic acid groups (broad SMARTS) is 1. The fourth-order valence-electron chi connectivity index (χ4n) is 7.62. The second-order valence-corrected chi connectivity index (χ2v) is 13.5. The van der Waals surface area contributed by atoms with Crippen LogP contribution in [0.5, 0.6) is 5.75 Å². The molecule has 1 amide bonds. The lowest BCUT2D eigenvalue weighted by Crippen LogP contribution is -2.44. The van der Waals surface area contributed by atoms with Gasteiger partial charge in [0.05, 0.1) is 45.6 Å². The van der Waals surface area contributed by atoms with E-state index in [-0.39, 0.29) is 17.5 Å². The van der Waals surface area contributed by atoms with Gasteiger partial charge in [0.1, 0.15) is 17.8 Å². The van der Waals surface area contributed by atoms with Crippen LogP contribution >= 0.6 is 23.2 Å². The Hall–Kier alpha value is -4.99. The predicted molar refractivity (Wildman–Crippen MR) is 191 cm³/mol. The molecule has 0 saturated heterocycles. The Morgan fingerprint density at radius 1 is 1.00 bits per heavy atom. The van der Waals surface area contributed by atoms with E-state index in [4.69, 9.17) is 32.9 Å². The summed E-state index contributed by atoms with van der Waals surface area (Å²) in [7, 11) is 0. The topological polar surface area (TPSA) is 110 Å². The first kappa shape index (κ1) is 31.3. The maximum Gasteiger partial charge on any atom is 0.336 e. The van der Waals surface area contributed by atoms with Crippen LogP contribution < -0.4 is 9.64 Å². The Kier molecular flexibility index (Phi) is 7.57. The molecule has 0 unspecified atom stereocenters. The quantitative estimate of drug-likeness (QED) is 0.168. The number of anilines is 1. The number of aromatic carboxylic acids is 1. The molecule has 246 valence electrons. The predicted octanol–water partition coefficient (Wildman–Crippen LogP) is 8.35. The van der Waals surface area contributed by atoms with Gasteiger partial charge >= 0.3 is 5.97 Å². The van der Waals surface area contributed by atoms with E-state index in [2.05, 4.69) is 14.5 Å². The SMILES string of the molecule is Cc1cc(OCCCc2c3n4c5c(c(Cl)ccc25)-c2c(C)ncnc2C[C@@H]4CN(c2cccc4c(C(=O)O)ccnc24)C3=O)cc(C)c1Cl. The highest BCUT2D eigenvalue weighted by Crippen LogP contribution is 2.48. The molecule has 0 fully saturated rings. The third-order valence-corrected chi connectivity index (χ3v) is 10.7. The number of carboxylic acids is 1. The first-order valence-electron chi connectivity index (χ1n) is 16.1. The Morgan fingerprint density at radius 3 is 2.57 bits per heavy atom. The molecule has 5 heterocycles. The van der Waals surface area contributed by atoms with Gasteiger partial charge in [0.25, 0.3) is 5.91 Å². The molecule has 3 aromatic carbocycles. The fraction of sp³-hybridized carbons (Fsp3) is 0.237. The number of aryl methyl sites for hydroxylation is 4. The summed E-state index contributed by atoms with van der Waals surface area (Å²) in [5, 5.41) is 12.6. The van der Waals surface area contributed by atoms with E-state index in [0.29, 0.717) is 59.7 Å². The van der Waals surface area contributed by atoms with E-state index >= 15 is 0 Å². The van der Waals surface area contributed by atoms with Gasteiger partial charge in [-0.2, -0.15) is 0 Å². The molecule has 0 spiro atoms. The van der Waals surface area contributed by atoms with Gasteiger partial charge in [-0.15, -0.1) is 0 Å². The normalized spacial score (nSPS) is 15.1. The number of hydrogen-bond acceptors (Lipinski definition) is 6. The van der Waals surface area contributed by atoms with Crippen molar-refractivity contribution in [1.82, 2.24) is 19.5 Å². The zero-order chi connectivity index (χ0) is 34.1. The van der Waals surface area contributed by atoms with Crippen molar-refractivity contribution >= 4 is 62.6 Å². The van der Waals surface area contributed by atoms with Gasteiger partial charge in [-0.25, -0.2) is 14.8 Å². The van der Waals surface area contributed by atoms with E-state index in [1.807, 2.05) is 51.1 Å². The molecule has 6 aromatic rings. The molecule has 0 aliphatic carbocycles. The highest BCUT2D eigenvalue weighted by molar-refractivity contribution is 6.35. The van der Waals surface area contributed by atoms with Crippen molar-refractivity contribution in [1.29, 1.82) is 0 Å². The molecule has 3 aromatic heterocycles. The molecule has 49 heavy (non-hydrogen) atoms. The third kappa shape index (κ3) is 4.94. The van der Waals surface area contributed by atoms with Gasteiger partial charge in [0, 0.05) is 51.8 Å². The second kappa shape index (κ2) is 11.9. The van der Waals surface area contributed by atoms with Crippen molar-refractivity contribution in [2.45, 2.75) is 46.1 Å². The number of nitrogens with zero attached hydrogens (tertiary/aromatic N) is 5. The van der Waals surface area contributed by atoms with E-state index in [0.717, 1.165) is 60.9 Å². The van der Waals surface area contributed by atoms with Crippen molar-refractivity contribution in [3.8, 4) is 16.9 Å². The van der Waals surface area contributed by atoms with E-state index in [1.165, 1.54) is 12.3 Å². The molecule has 8 rings (SSSR count). The highest BCUT2D eigenvalue weighted by atomic mass is 35.5. The summed E-state index contributed by atoms with van der Waals surface area (Å²) in [6, 6.07) is 14.4. The highest BCUT2D eigenvalue weighted by Gasteiger charge is 2.41. The van der Waals surface area contributed by atoms with Gasteiger partial charge in [-0.05, 0) is 80.6 Å². The van der Waals surface area contributed by atoms with E-state index in [1.54, 1.807) is 23.4 Å². The molecule has 11 heteroatoms. The number of hydrogen-bond donors (Lipinski definition) is 1. The minimum atomic E-state index is -1.05. The number of pyridine rings is 1. The average Bonchev–Trinajstić information content (AvgIpc) is 3.32. The minimum Gasteiger partial charge on any atom is -0.494 e. The number of carbonyl (C=O) groups is 2. The van der Waals surface area contributed by atoms with Crippen molar-refractivity contribution in [3.63, 3.8) is 0 Å². The molecule has 1 atom stereocenters. The zero-order valence-corrected chi connectivity index (χ0v) is 28.6. The van der Waals surface area contributed by atoms with Gasteiger partial charge in [0.15, 0.2) is 0 Å². The Labute approximate surface area is 292 Å². The number of para-hydroxylation sites is 1. The maximum absolute atomic E-state index is 14.9. The van der Waals surface area contributed by atoms with Crippen molar-refractivity contribution in [3.05, 3.63) is 110 Å². The summed E-state index contributed by atoms with van der Waals surface area (Å²) < 4.78 is 8.34. The summed E-state index contributed by atoms with van der Waals surface area (Å²) >= 11 is 13.4. The second-order valence-electron chi connectivity index (χ2n) is 12.7. The number of carbonyl (C=O) groups excluding carboxylic acids is 1. The molecular formula is C38H31Cl2N5O4. The summed E-state index contributed by atoms with van der Waals surface area (Å²) in [6.45, 7) is 6.65. The van der Waals surface area contributed by atoms with Crippen LogP contribution in [0.2, 0.25) is 10.0 Å². The van der Waals surface area contributed by atoms with Crippen LogP contribution in [0, 0.1) is 20.8 Å². The molecular weight excluding hydrogens is 661 g/mol. The smallest absolute Gasteiger partial charge is 0.336 e. The number of fused-ring (bicyclic) bond motifs is 3. The molecule has 0 bridgehead atoms. The number of aromatic nitrogens is 4. The van der Waals surface area contributed by atoms with Crippen LogP contribution in [-0.4, -0.2) is 49.7 Å². The van der Waals surface area contributed by atoms with Crippen LogP contribution in [0.1, 0.15) is 61.4 Å². The molecule has 0 saturated carbocycles. The van der Waals surface area contributed by atoms with Gasteiger partial charge in [-0.1, -0.05) is 41.4 Å². The lowest BCUT2D eigenvalue weighted by molar-refractivity contribution is 0.0698. The molecule has 0 radical (unpaired) electrons. The Morgan fingerprint density at radius 2 is 1.80 bits per heavy atom. The summed E-state index contributed by atoms with van der Waals surface area (Å²) in [5.41, 5.74) is 8.88. The van der Waals surface area contributed by atoms with Crippen LogP contribution in [0.4, 0.5) is 5.69 Å². The van der Waals surface area contributed by atoms with Crippen molar-refractivity contribution in [2.75, 3.05) is 18.1 Å². The summed E-state index contributed by atoms with van der Waals surface area (Å²) in [5.74, 6) is -0.480. The van der Waals surface area contributed by atoms with Crippen molar-refractivity contribution < 1.29 is 19.4 Å². The van der Waals surface area contributed by atoms with Gasteiger partial charge in [0.2, 0.25) is 0 Å². The monoisotopic (exact) mass is 691 g/mol. The van der Waals surface area contributed by atoms with Crippen LogP contribution in [-0.2, 0) is 12.8 Å². The molecule has 2 aliphatic rings. The van der Waals surface area contributed by atoms with Gasteiger partial charge < -0.3 is 19.3 Å². The van der Waals surface area contributed by atoms with Crippen LogP contribution in [0.25, 0.3) is 32.9 Å². The number of benzene rings is 3. The maximum atomic E-state index is 14.9. The van der Waals surface area contributed by atoms with Crippen molar-refractivity contribution in [2.24, 2.45) is 0 Å². The number of amides is 1. The fourth-order valence-corrected chi connectivity index (χ4v) is 7.98. The molecule has 1 N–H and O–H groups in total. The first-order valence-corrected chi connectivity index (χ1v) is 16.9. The van der Waals surface area contributed by atoms with E-state index in [9.17, 15) is 14.7 Å². The molecule has 9 nitrogen and oxygen atoms in total. The lowest BCUT2D eigenvalue weighted by Gasteiger charge is -2.35. The lowest BCUT2D eigenvalue weighted by atomic mass is 9.95. The number of ether oxygens (including phenoxy) is 1. The number of halogens is 2. The largest absolute Gasteiger partial charge is 0.494 e. The molecule has 2 aliphatic heterocycles. The van der Waals surface area contributed by atoms with Crippen LogP contribution in [0.15, 0.2) is 61.1 Å². The zero-order valence-electron chi connectivity index (χ0n) is 27.1. The average molecular weight is 693 g/mol. The van der Waals surface area contributed by atoms with Gasteiger partial charge in [-0.3, -0.25) is 9.78 Å².